The molecule has 2 aromatic heterocycles. The number of aryl methyl sites for hydroxylation is 1. The van der Waals surface area contributed by atoms with Crippen LogP contribution in [0.1, 0.15) is 12.6 Å². The quantitative estimate of drug-likeness (QED) is 0.704. The highest BCUT2D eigenvalue weighted by Gasteiger charge is 2.13. The van der Waals surface area contributed by atoms with Gasteiger partial charge in [-0.05, 0) is 36.8 Å². The molecule has 0 atom stereocenters. The van der Waals surface area contributed by atoms with E-state index in [0.29, 0.717) is 12.2 Å². The van der Waals surface area contributed by atoms with Crippen LogP contribution in [-0.4, -0.2) is 9.55 Å². The minimum Gasteiger partial charge on any atom is -0.332 e. The molecule has 21 heavy (non-hydrogen) atoms. The summed E-state index contributed by atoms with van der Waals surface area (Å²) in [5.41, 5.74) is 2.70. The number of rotatable bonds is 2. The van der Waals surface area contributed by atoms with Gasteiger partial charge in [-0.15, -0.1) is 0 Å². The van der Waals surface area contributed by atoms with Crippen LogP contribution in [0.5, 0.6) is 0 Å². The number of aromatic nitrogens is 2. The number of hydrogen-bond acceptors (Lipinski definition) is 2. The van der Waals surface area contributed by atoms with Crippen molar-refractivity contribution in [2.75, 3.05) is 0 Å². The third kappa shape index (κ3) is 2.26. The zero-order valence-electron chi connectivity index (χ0n) is 11.3. The van der Waals surface area contributed by atoms with Crippen LogP contribution >= 0.6 is 11.6 Å². The maximum atomic E-state index is 13.7. The molecule has 0 aliphatic rings. The molecule has 3 nitrogen and oxygen atoms in total. The van der Waals surface area contributed by atoms with Gasteiger partial charge in [0.05, 0.1) is 5.02 Å². The second kappa shape index (κ2) is 5.19. The first-order valence-corrected chi connectivity index (χ1v) is 6.87. The fourth-order valence-electron chi connectivity index (χ4n) is 2.36. The van der Waals surface area contributed by atoms with E-state index in [9.17, 15) is 4.39 Å². The molecule has 0 spiro atoms. The Hall–Kier alpha value is -2.38. The lowest BCUT2D eigenvalue weighted by Gasteiger charge is -2.01. The molecule has 104 valence electrons. The molecule has 0 radical (unpaired) electrons. The number of hydrogen-bond donors (Lipinski definition) is 0. The van der Waals surface area contributed by atoms with Crippen LogP contribution in [0.25, 0.3) is 22.2 Å². The topological polar surface area (TPSA) is 41.6 Å². The largest absolute Gasteiger partial charge is 0.332 e. The molecule has 0 amide bonds. The molecular formula is C16H11ClFN3. The average molecular weight is 300 g/mol. The standard InChI is InChI=1S/C16H11ClFN3/c1-2-21-9-13(10-3-6-14(17)15(18)7-10)12-5-4-11(8-19)20-16(12)21/h3-7,9H,2H2,1H3. The molecule has 2 heterocycles. The smallest absolute Gasteiger partial charge is 0.142 e. The molecule has 0 aliphatic heterocycles. The van der Waals surface area contributed by atoms with Gasteiger partial charge in [0, 0.05) is 23.7 Å². The summed E-state index contributed by atoms with van der Waals surface area (Å²) in [7, 11) is 0. The average Bonchev–Trinajstić information content (AvgIpc) is 2.87. The van der Waals surface area contributed by atoms with Crippen LogP contribution in [-0.2, 0) is 6.54 Å². The van der Waals surface area contributed by atoms with Gasteiger partial charge < -0.3 is 4.57 Å². The summed E-state index contributed by atoms with van der Waals surface area (Å²) in [6.07, 6.45) is 1.92. The second-order valence-corrected chi connectivity index (χ2v) is 5.04. The molecule has 0 bridgehead atoms. The van der Waals surface area contributed by atoms with E-state index in [0.717, 1.165) is 22.2 Å². The molecule has 0 unspecified atom stereocenters. The Kier molecular flexibility index (Phi) is 3.36. The van der Waals surface area contributed by atoms with Gasteiger partial charge in [-0.25, -0.2) is 9.37 Å². The molecule has 1 aromatic carbocycles. The fourth-order valence-corrected chi connectivity index (χ4v) is 2.48. The highest BCUT2D eigenvalue weighted by atomic mass is 35.5. The number of nitrogens with zero attached hydrogens (tertiary/aromatic N) is 3. The summed E-state index contributed by atoms with van der Waals surface area (Å²) < 4.78 is 15.6. The summed E-state index contributed by atoms with van der Waals surface area (Å²) in [5, 5.41) is 9.95. The SMILES string of the molecule is CCn1cc(-c2ccc(Cl)c(F)c2)c2ccc(C#N)nc21. The lowest BCUT2D eigenvalue weighted by atomic mass is 10.1. The van der Waals surface area contributed by atoms with Gasteiger partial charge in [0.25, 0.3) is 0 Å². The highest BCUT2D eigenvalue weighted by Crippen LogP contribution is 2.31. The van der Waals surface area contributed by atoms with Crippen LogP contribution < -0.4 is 0 Å². The third-order valence-corrected chi connectivity index (χ3v) is 3.71. The normalized spacial score (nSPS) is 10.8. The predicted molar refractivity (Wildman–Crippen MR) is 80.5 cm³/mol. The molecule has 5 heteroatoms. The van der Waals surface area contributed by atoms with Crippen molar-refractivity contribution >= 4 is 22.6 Å². The van der Waals surface area contributed by atoms with Crippen LogP contribution in [0.15, 0.2) is 36.5 Å². The molecule has 0 aliphatic carbocycles. The maximum absolute atomic E-state index is 13.7. The first-order chi connectivity index (χ1) is 10.1. The molecule has 0 saturated heterocycles. The first kappa shape index (κ1) is 13.6. The predicted octanol–water partition coefficient (Wildman–Crippen LogP) is 4.39. The Bertz CT molecular complexity index is 877. The minimum atomic E-state index is -0.451. The van der Waals surface area contributed by atoms with Crippen LogP contribution in [0.2, 0.25) is 5.02 Å². The van der Waals surface area contributed by atoms with E-state index in [1.54, 1.807) is 18.2 Å². The van der Waals surface area contributed by atoms with E-state index in [-0.39, 0.29) is 5.02 Å². The minimum absolute atomic E-state index is 0.0999. The summed E-state index contributed by atoms with van der Waals surface area (Å²) in [6.45, 7) is 2.71. The molecule has 3 aromatic rings. The summed E-state index contributed by atoms with van der Waals surface area (Å²) in [4.78, 5) is 4.33. The molecule has 0 fully saturated rings. The van der Waals surface area contributed by atoms with Crippen molar-refractivity contribution in [3.05, 3.63) is 53.1 Å². The van der Waals surface area contributed by atoms with Crippen molar-refractivity contribution in [3.63, 3.8) is 0 Å². The Labute approximate surface area is 126 Å². The van der Waals surface area contributed by atoms with Crippen molar-refractivity contribution in [3.8, 4) is 17.2 Å². The first-order valence-electron chi connectivity index (χ1n) is 6.49. The monoisotopic (exact) mass is 299 g/mol. The summed E-state index contributed by atoms with van der Waals surface area (Å²) >= 11 is 5.73. The highest BCUT2D eigenvalue weighted by molar-refractivity contribution is 6.30. The number of halogens is 2. The van der Waals surface area contributed by atoms with Crippen LogP contribution in [0.3, 0.4) is 0 Å². The summed E-state index contributed by atoms with van der Waals surface area (Å²) in [5.74, 6) is -0.451. The number of nitriles is 1. The zero-order chi connectivity index (χ0) is 15.0. The third-order valence-electron chi connectivity index (χ3n) is 3.41. The van der Waals surface area contributed by atoms with E-state index < -0.39 is 5.82 Å². The maximum Gasteiger partial charge on any atom is 0.142 e. The van der Waals surface area contributed by atoms with E-state index in [1.807, 2.05) is 29.8 Å². The van der Waals surface area contributed by atoms with Crippen molar-refractivity contribution in [1.82, 2.24) is 9.55 Å². The van der Waals surface area contributed by atoms with Crippen molar-refractivity contribution < 1.29 is 4.39 Å². The van der Waals surface area contributed by atoms with E-state index in [4.69, 9.17) is 16.9 Å². The van der Waals surface area contributed by atoms with Crippen molar-refractivity contribution in [2.45, 2.75) is 13.5 Å². The summed E-state index contributed by atoms with van der Waals surface area (Å²) in [6, 6.07) is 10.3. The van der Waals surface area contributed by atoms with Gasteiger partial charge in [0.15, 0.2) is 0 Å². The Morgan fingerprint density at radius 3 is 2.81 bits per heavy atom. The zero-order valence-corrected chi connectivity index (χ0v) is 12.0. The molecule has 0 N–H and O–H groups in total. The lowest BCUT2D eigenvalue weighted by molar-refractivity contribution is 0.629. The molecule has 0 saturated carbocycles. The Morgan fingerprint density at radius 1 is 1.33 bits per heavy atom. The van der Waals surface area contributed by atoms with E-state index in [2.05, 4.69) is 4.98 Å². The van der Waals surface area contributed by atoms with E-state index in [1.165, 1.54) is 6.07 Å². The molecular weight excluding hydrogens is 289 g/mol. The van der Waals surface area contributed by atoms with Gasteiger partial charge in [-0.3, -0.25) is 0 Å². The number of fused-ring (bicyclic) bond motifs is 1. The molecule has 3 rings (SSSR count). The van der Waals surface area contributed by atoms with Gasteiger partial charge in [0.2, 0.25) is 0 Å². The number of benzene rings is 1. The number of pyridine rings is 1. The van der Waals surface area contributed by atoms with Crippen molar-refractivity contribution in [2.24, 2.45) is 0 Å². The Balaban J connectivity index is 2.28. The van der Waals surface area contributed by atoms with Gasteiger partial charge in [0.1, 0.15) is 23.2 Å². The second-order valence-electron chi connectivity index (χ2n) is 4.64. The Morgan fingerprint density at radius 2 is 2.14 bits per heavy atom. The van der Waals surface area contributed by atoms with Crippen LogP contribution in [0.4, 0.5) is 4.39 Å². The fraction of sp³-hybridized carbons (Fsp3) is 0.125. The van der Waals surface area contributed by atoms with E-state index >= 15 is 0 Å². The van der Waals surface area contributed by atoms with Gasteiger partial charge in [-0.1, -0.05) is 17.7 Å². The van der Waals surface area contributed by atoms with Crippen molar-refractivity contribution in [1.29, 1.82) is 5.26 Å². The lowest BCUT2D eigenvalue weighted by Crippen LogP contribution is -1.94. The van der Waals surface area contributed by atoms with Crippen LogP contribution in [0, 0.1) is 17.1 Å². The van der Waals surface area contributed by atoms with Gasteiger partial charge in [-0.2, -0.15) is 5.26 Å². The van der Waals surface area contributed by atoms with Gasteiger partial charge >= 0.3 is 0 Å².